The fourth-order valence-corrected chi connectivity index (χ4v) is 4.92. The molecule has 0 unspecified atom stereocenters. The topological polar surface area (TPSA) is 46.5 Å². The van der Waals surface area contributed by atoms with Gasteiger partial charge < -0.3 is 9.84 Å². The van der Waals surface area contributed by atoms with Crippen LogP contribution in [0.5, 0.6) is 11.5 Å². The predicted octanol–water partition coefficient (Wildman–Crippen LogP) is 8.28. The fourth-order valence-electron chi connectivity index (χ4n) is 4.92. The molecule has 3 nitrogen and oxygen atoms in total. The van der Waals surface area contributed by atoms with Gasteiger partial charge in [-0.15, -0.1) is 0 Å². The van der Waals surface area contributed by atoms with Crippen molar-refractivity contribution in [2.45, 2.75) is 51.4 Å². The van der Waals surface area contributed by atoms with Gasteiger partial charge in [0.15, 0.2) is 34.8 Å². The second-order valence-electron chi connectivity index (χ2n) is 9.52. The molecule has 3 aromatic rings. The van der Waals surface area contributed by atoms with Crippen LogP contribution < -0.4 is 4.74 Å². The smallest absolute Gasteiger partial charge is 0.314 e. The van der Waals surface area contributed by atoms with Crippen LogP contribution in [0, 0.1) is 40.8 Å². The number of hydrogen-bond donors (Lipinski definition) is 1. The van der Waals surface area contributed by atoms with Crippen molar-refractivity contribution >= 4 is 5.97 Å². The van der Waals surface area contributed by atoms with Crippen molar-refractivity contribution in [1.29, 1.82) is 0 Å². The van der Waals surface area contributed by atoms with Gasteiger partial charge >= 0.3 is 5.97 Å². The van der Waals surface area contributed by atoms with Crippen LogP contribution >= 0.6 is 0 Å². The number of ether oxygens (including phenoxy) is 1. The molecule has 9 heteroatoms. The van der Waals surface area contributed by atoms with Crippen molar-refractivity contribution in [3.8, 4) is 22.6 Å². The Morgan fingerprint density at radius 3 is 2.13 bits per heavy atom. The highest BCUT2D eigenvalue weighted by Crippen LogP contribution is 2.39. The van der Waals surface area contributed by atoms with Crippen LogP contribution in [0.1, 0.15) is 56.1 Å². The van der Waals surface area contributed by atoms with Crippen molar-refractivity contribution in [3.05, 3.63) is 94.6 Å². The first-order chi connectivity index (χ1) is 18.6. The van der Waals surface area contributed by atoms with Crippen molar-refractivity contribution in [2.75, 3.05) is 0 Å². The van der Waals surface area contributed by atoms with Gasteiger partial charge in [-0.3, -0.25) is 4.79 Å². The summed E-state index contributed by atoms with van der Waals surface area (Å²) in [5.74, 6) is -11.5. The van der Waals surface area contributed by atoms with Crippen LogP contribution in [-0.4, -0.2) is 11.1 Å². The molecule has 1 fully saturated rings. The molecule has 39 heavy (non-hydrogen) atoms. The van der Waals surface area contributed by atoms with Crippen LogP contribution in [0.4, 0.5) is 26.3 Å². The minimum Gasteiger partial charge on any atom is -0.505 e. The maximum absolute atomic E-state index is 14.8. The molecule has 0 spiro atoms. The number of rotatable bonds is 7. The van der Waals surface area contributed by atoms with E-state index in [0.717, 1.165) is 24.3 Å². The maximum Gasteiger partial charge on any atom is 0.314 e. The summed E-state index contributed by atoms with van der Waals surface area (Å²) in [7, 11) is 0. The number of phenols is 1. The van der Waals surface area contributed by atoms with Crippen molar-refractivity contribution in [2.24, 2.45) is 5.92 Å². The van der Waals surface area contributed by atoms with Gasteiger partial charge in [0.2, 0.25) is 11.6 Å². The molecule has 0 aromatic heterocycles. The quantitative estimate of drug-likeness (QED) is 0.140. The molecule has 1 aliphatic carbocycles. The average Bonchev–Trinajstić information content (AvgIpc) is 2.93. The molecular weight excluding hydrogens is 522 g/mol. The number of halogens is 6. The summed E-state index contributed by atoms with van der Waals surface area (Å²) in [6.45, 7) is 1.85. The van der Waals surface area contributed by atoms with Crippen molar-refractivity contribution in [3.63, 3.8) is 0 Å². The molecule has 0 bridgehead atoms. The molecule has 0 radical (unpaired) electrons. The largest absolute Gasteiger partial charge is 0.505 e. The molecule has 1 aliphatic rings. The Hall–Kier alpha value is -3.75. The lowest BCUT2D eigenvalue weighted by Gasteiger charge is -2.28. The first-order valence-electron chi connectivity index (χ1n) is 12.6. The van der Waals surface area contributed by atoms with Gasteiger partial charge in [0, 0.05) is 11.1 Å². The highest BCUT2D eigenvalue weighted by atomic mass is 19.2. The lowest BCUT2D eigenvalue weighted by atomic mass is 9.78. The van der Waals surface area contributed by atoms with Gasteiger partial charge in [0.25, 0.3) is 0 Å². The molecule has 1 saturated carbocycles. The number of phenolic OH excluding ortho intramolecular Hbond substituents is 1. The predicted molar refractivity (Wildman–Crippen MR) is 133 cm³/mol. The van der Waals surface area contributed by atoms with Gasteiger partial charge in [-0.2, -0.15) is 8.78 Å². The van der Waals surface area contributed by atoms with Gasteiger partial charge in [-0.05, 0) is 86.8 Å². The molecular formula is C30H26F6O3. The number of allylic oxidation sites excluding steroid dienone is 2. The van der Waals surface area contributed by atoms with E-state index < -0.39 is 69.4 Å². The third kappa shape index (κ3) is 5.82. The molecule has 0 atom stereocenters. The van der Waals surface area contributed by atoms with E-state index in [1.807, 2.05) is 19.1 Å². The van der Waals surface area contributed by atoms with E-state index in [0.29, 0.717) is 31.2 Å². The first kappa shape index (κ1) is 28.3. The lowest BCUT2D eigenvalue weighted by Crippen LogP contribution is -2.26. The zero-order valence-corrected chi connectivity index (χ0v) is 21.0. The zero-order chi connectivity index (χ0) is 28.3. The molecule has 206 valence electrons. The average molecular weight is 549 g/mol. The monoisotopic (exact) mass is 548 g/mol. The minimum absolute atomic E-state index is 0.246. The van der Waals surface area contributed by atoms with Crippen molar-refractivity contribution < 1.29 is 41.0 Å². The number of aromatic hydroxyl groups is 1. The Balaban J connectivity index is 1.42. The van der Waals surface area contributed by atoms with Crippen LogP contribution in [0.3, 0.4) is 0 Å². The van der Waals surface area contributed by atoms with Gasteiger partial charge in [-0.1, -0.05) is 24.3 Å². The van der Waals surface area contributed by atoms with Crippen LogP contribution in [0.25, 0.3) is 11.1 Å². The number of carbonyl (C=O) groups is 1. The molecule has 0 saturated heterocycles. The van der Waals surface area contributed by atoms with Crippen molar-refractivity contribution in [1.82, 2.24) is 0 Å². The Bertz CT molecular complexity index is 1410. The fraction of sp³-hybridized carbons (Fsp3) is 0.300. The minimum atomic E-state index is -1.61. The third-order valence-electron chi connectivity index (χ3n) is 7.12. The van der Waals surface area contributed by atoms with E-state index in [1.165, 1.54) is 0 Å². The van der Waals surface area contributed by atoms with Crippen LogP contribution in [-0.2, 0) is 11.2 Å². The number of carbonyl (C=O) groups excluding carboxylic acids is 1. The van der Waals surface area contributed by atoms with Gasteiger partial charge in [-0.25, -0.2) is 17.6 Å². The van der Waals surface area contributed by atoms with E-state index in [9.17, 15) is 36.2 Å². The normalized spacial score (nSPS) is 17.5. The summed E-state index contributed by atoms with van der Waals surface area (Å²) in [6.07, 6.45) is 5.97. The number of esters is 1. The Kier molecular flexibility index (Phi) is 8.67. The van der Waals surface area contributed by atoms with Crippen LogP contribution in [0.15, 0.2) is 48.6 Å². The zero-order valence-electron chi connectivity index (χ0n) is 21.0. The lowest BCUT2D eigenvalue weighted by molar-refractivity contribution is -0.140. The number of hydrogen-bond acceptors (Lipinski definition) is 3. The number of aryl methyl sites for hydroxylation is 1. The van der Waals surface area contributed by atoms with Gasteiger partial charge in [0.05, 0.1) is 5.92 Å². The Morgan fingerprint density at radius 1 is 0.821 bits per heavy atom. The van der Waals surface area contributed by atoms with E-state index in [4.69, 9.17) is 4.74 Å². The Labute approximate surface area is 221 Å². The summed E-state index contributed by atoms with van der Waals surface area (Å²) in [5.41, 5.74) is -0.695. The molecule has 0 heterocycles. The molecule has 3 aromatic carbocycles. The molecule has 0 aliphatic heterocycles. The summed E-state index contributed by atoms with van der Waals surface area (Å²) >= 11 is 0. The van der Waals surface area contributed by atoms with E-state index in [2.05, 4.69) is 0 Å². The summed E-state index contributed by atoms with van der Waals surface area (Å²) in [6, 6.07) is 6.72. The SMILES string of the molecule is C/C=C/CCc1ccc(C2CCC(C(=O)Oc3ccc(-c4ccc(O)c(F)c4F)c(F)c3F)CC2)c(F)c1F. The van der Waals surface area contributed by atoms with E-state index in [1.54, 1.807) is 12.1 Å². The number of benzene rings is 3. The van der Waals surface area contributed by atoms with Gasteiger partial charge in [0.1, 0.15) is 0 Å². The summed E-state index contributed by atoms with van der Waals surface area (Å²) < 4.78 is 91.6. The highest BCUT2D eigenvalue weighted by Gasteiger charge is 2.31. The standard InChI is InChI=1S/C30H26F6O3/c1-2-3-4-5-17-10-11-19(25(32)24(17)31)16-6-8-18(9-7-16)30(38)39-23-15-13-21(27(34)29(23)36)20-12-14-22(37)28(35)26(20)33/h2-3,10-16,18,37H,4-9H2,1H3/b3-2+. The second-order valence-corrected chi connectivity index (χ2v) is 9.52. The third-order valence-corrected chi connectivity index (χ3v) is 7.12. The second kappa shape index (κ2) is 12.0. The molecule has 1 N–H and O–H groups in total. The summed E-state index contributed by atoms with van der Waals surface area (Å²) in [5, 5.41) is 9.24. The highest BCUT2D eigenvalue weighted by molar-refractivity contribution is 5.76. The van der Waals surface area contributed by atoms with Crippen LogP contribution in [0.2, 0.25) is 0 Å². The molecule has 4 rings (SSSR count). The maximum atomic E-state index is 14.8. The summed E-state index contributed by atoms with van der Waals surface area (Å²) in [4.78, 5) is 12.7. The van der Waals surface area contributed by atoms with E-state index >= 15 is 0 Å². The Morgan fingerprint density at radius 2 is 1.46 bits per heavy atom. The molecule has 0 amide bonds. The van der Waals surface area contributed by atoms with E-state index in [-0.39, 0.29) is 24.3 Å². The first-order valence-corrected chi connectivity index (χ1v) is 12.6.